The molecule has 0 saturated carbocycles. The fourth-order valence-electron chi connectivity index (χ4n) is 1.68. The topological polar surface area (TPSA) is 37.8 Å². The lowest BCUT2D eigenvalue weighted by atomic mass is 9.95. The van der Waals surface area contributed by atoms with Crippen LogP contribution in [0.1, 0.15) is 32.2 Å². The molecule has 2 rings (SSSR count). The van der Waals surface area contributed by atoms with E-state index < -0.39 is 11.6 Å². The van der Waals surface area contributed by atoms with E-state index in [1.807, 2.05) is 20.8 Å². The molecular weight excluding hydrogens is 296 g/mol. The van der Waals surface area contributed by atoms with Gasteiger partial charge in [-0.1, -0.05) is 38.4 Å². The van der Waals surface area contributed by atoms with E-state index in [1.165, 1.54) is 18.2 Å². The summed E-state index contributed by atoms with van der Waals surface area (Å²) in [5.74, 6) is -0.593. The number of hydrogen-bond donors (Lipinski definition) is 1. The van der Waals surface area contributed by atoms with Crippen LogP contribution in [0.3, 0.4) is 0 Å². The van der Waals surface area contributed by atoms with E-state index in [9.17, 15) is 8.78 Å². The maximum Gasteiger partial charge on any atom is 0.149 e. The zero-order chi connectivity index (χ0) is 15.8. The zero-order valence-corrected chi connectivity index (χ0v) is 13.0. The molecule has 0 fully saturated rings. The normalized spacial score (nSPS) is 11.6. The van der Waals surface area contributed by atoms with Gasteiger partial charge in [-0.25, -0.2) is 18.7 Å². The number of nitrogens with one attached hydrogen (secondary N) is 1. The Balaban J connectivity index is 2.52. The molecule has 0 spiro atoms. The lowest BCUT2D eigenvalue weighted by Gasteiger charge is -2.19. The molecule has 1 aromatic carbocycles. The third-order valence-corrected chi connectivity index (χ3v) is 3.33. The van der Waals surface area contributed by atoms with Crippen LogP contribution >= 0.6 is 11.6 Å². The summed E-state index contributed by atoms with van der Waals surface area (Å²) >= 11 is 6.09. The SMILES string of the molecule is Cc1c(Cl)nc(C(C)(C)C)nc1Nc1c(F)cccc1F. The summed E-state index contributed by atoms with van der Waals surface area (Å²) in [5, 5.41) is 2.94. The zero-order valence-electron chi connectivity index (χ0n) is 12.3. The van der Waals surface area contributed by atoms with Gasteiger partial charge in [-0.15, -0.1) is 0 Å². The predicted octanol–water partition coefficient (Wildman–Crippen LogP) is 4.76. The fourth-order valence-corrected chi connectivity index (χ4v) is 1.85. The Morgan fingerprint density at radius 2 is 1.67 bits per heavy atom. The largest absolute Gasteiger partial charge is 0.335 e. The van der Waals surface area contributed by atoms with Gasteiger partial charge in [0.25, 0.3) is 0 Å². The van der Waals surface area contributed by atoms with Gasteiger partial charge in [0, 0.05) is 11.0 Å². The van der Waals surface area contributed by atoms with E-state index in [4.69, 9.17) is 11.6 Å². The van der Waals surface area contributed by atoms with E-state index in [-0.39, 0.29) is 16.3 Å². The van der Waals surface area contributed by atoms with Gasteiger partial charge < -0.3 is 5.32 Å². The second-order valence-corrected chi connectivity index (χ2v) is 6.14. The van der Waals surface area contributed by atoms with E-state index in [2.05, 4.69) is 15.3 Å². The Kier molecular flexibility index (Phi) is 4.14. The van der Waals surface area contributed by atoms with Gasteiger partial charge in [-0.2, -0.15) is 0 Å². The first kappa shape index (κ1) is 15.6. The molecule has 0 amide bonds. The van der Waals surface area contributed by atoms with Crippen LogP contribution in [0.4, 0.5) is 20.3 Å². The highest BCUT2D eigenvalue weighted by Crippen LogP contribution is 2.29. The van der Waals surface area contributed by atoms with Crippen molar-refractivity contribution < 1.29 is 8.78 Å². The minimum atomic E-state index is -0.693. The van der Waals surface area contributed by atoms with Crippen molar-refractivity contribution in [3.8, 4) is 0 Å². The molecular formula is C15H16ClF2N3. The minimum absolute atomic E-state index is 0.254. The Morgan fingerprint density at radius 3 is 2.19 bits per heavy atom. The molecule has 0 saturated heterocycles. The first-order chi connectivity index (χ1) is 9.70. The van der Waals surface area contributed by atoms with E-state index >= 15 is 0 Å². The van der Waals surface area contributed by atoms with Gasteiger partial charge in [0.2, 0.25) is 0 Å². The average Bonchev–Trinajstić information content (AvgIpc) is 2.37. The van der Waals surface area contributed by atoms with Crippen molar-refractivity contribution in [2.45, 2.75) is 33.1 Å². The van der Waals surface area contributed by atoms with E-state index in [1.54, 1.807) is 6.92 Å². The van der Waals surface area contributed by atoms with Gasteiger partial charge in [0.15, 0.2) is 0 Å². The molecule has 112 valence electrons. The first-order valence-electron chi connectivity index (χ1n) is 6.46. The molecule has 1 N–H and O–H groups in total. The summed E-state index contributed by atoms with van der Waals surface area (Å²) in [7, 11) is 0. The molecule has 0 aliphatic rings. The number of para-hydroxylation sites is 1. The molecule has 0 aliphatic heterocycles. The maximum atomic E-state index is 13.7. The monoisotopic (exact) mass is 311 g/mol. The summed E-state index contributed by atoms with van der Waals surface area (Å²) in [6.45, 7) is 7.49. The molecule has 1 heterocycles. The van der Waals surface area contributed by atoms with Crippen molar-refractivity contribution in [2.24, 2.45) is 0 Å². The molecule has 0 unspecified atom stereocenters. The lowest BCUT2D eigenvalue weighted by molar-refractivity contribution is 0.545. The van der Waals surface area contributed by atoms with Crippen LogP contribution < -0.4 is 5.32 Å². The fraction of sp³-hybridized carbons (Fsp3) is 0.333. The smallest absolute Gasteiger partial charge is 0.149 e. The summed E-state index contributed by atoms with van der Waals surface area (Å²) in [5.41, 5.74) is -0.0517. The van der Waals surface area contributed by atoms with Crippen molar-refractivity contribution in [2.75, 3.05) is 5.32 Å². The summed E-state index contributed by atoms with van der Waals surface area (Å²) < 4.78 is 27.4. The second-order valence-electron chi connectivity index (χ2n) is 5.78. The average molecular weight is 312 g/mol. The summed E-state index contributed by atoms with van der Waals surface area (Å²) in [6, 6.07) is 3.65. The molecule has 3 nitrogen and oxygen atoms in total. The molecule has 0 bridgehead atoms. The molecule has 6 heteroatoms. The van der Waals surface area contributed by atoms with Crippen LogP contribution in [0, 0.1) is 18.6 Å². The highest BCUT2D eigenvalue weighted by atomic mass is 35.5. The Morgan fingerprint density at radius 1 is 1.10 bits per heavy atom. The van der Waals surface area contributed by atoms with Crippen molar-refractivity contribution >= 4 is 23.1 Å². The summed E-state index contributed by atoms with van der Waals surface area (Å²) in [4.78, 5) is 8.56. The van der Waals surface area contributed by atoms with E-state index in [0.29, 0.717) is 17.2 Å². The highest BCUT2D eigenvalue weighted by molar-refractivity contribution is 6.30. The van der Waals surface area contributed by atoms with E-state index in [0.717, 1.165) is 0 Å². The molecule has 1 aromatic heterocycles. The van der Waals surface area contributed by atoms with Gasteiger partial charge in [-0.05, 0) is 19.1 Å². The van der Waals surface area contributed by atoms with Crippen molar-refractivity contribution in [3.63, 3.8) is 0 Å². The quantitative estimate of drug-likeness (QED) is 0.813. The minimum Gasteiger partial charge on any atom is -0.335 e. The molecule has 0 atom stereocenters. The van der Waals surface area contributed by atoms with Crippen LogP contribution in [0.5, 0.6) is 0 Å². The Hall–Kier alpha value is -1.75. The maximum absolute atomic E-state index is 13.7. The van der Waals surface area contributed by atoms with Gasteiger partial charge in [-0.3, -0.25) is 0 Å². The van der Waals surface area contributed by atoms with Crippen LogP contribution in [-0.4, -0.2) is 9.97 Å². The van der Waals surface area contributed by atoms with Crippen LogP contribution in [0.2, 0.25) is 5.15 Å². The Labute approximate surface area is 127 Å². The van der Waals surface area contributed by atoms with Crippen LogP contribution in [0.25, 0.3) is 0 Å². The van der Waals surface area contributed by atoms with Gasteiger partial charge in [0.1, 0.15) is 34.1 Å². The molecule has 2 aromatic rings. The standard InChI is InChI=1S/C15H16ClF2N3/c1-8-12(16)20-14(15(2,3)4)21-13(8)19-11-9(17)6-5-7-10(11)18/h5-7H,1-4H3,(H,19,20,21). The van der Waals surface area contributed by atoms with Crippen LogP contribution in [-0.2, 0) is 5.41 Å². The van der Waals surface area contributed by atoms with Crippen molar-refractivity contribution in [1.29, 1.82) is 0 Å². The number of benzene rings is 1. The van der Waals surface area contributed by atoms with Crippen molar-refractivity contribution in [3.05, 3.63) is 46.4 Å². The number of aromatic nitrogens is 2. The van der Waals surface area contributed by atoms with Crippen LogP contribution in [0.15, 0.2) is 18.2 Å². The summed E-state index contributed by atoms with van der Waals surface area (Å²) in [6.07, 6.45) is 0. The molecule has 21 heavy (non-hydrogen) atoms. The Bertz CT molecular complexity index is 661. The molecule has 0 radical (unpaired) electrons. The third kappa shape index (κ3) is 3.29. The number of nitrogens with zero attached hydrogens (tertiary/aromatic N) is 2. The second kappa shape index (κ2) is 5.56. The molecule has 0 aliphatic carbocycles. The lowest BCUT2D eigenvalue weighted by Crippen LogP contribution is -2.18. The highest BCUT2D eigenvalue weighted by Gasteiger charge is 2.21. The predicted molar refractivity (Wildman–Crippen MR) is 80.1 cm³/mol. The number of anilines is 2. The number of hydrogen-bond acceptors (Lipinski definition) is 3. The first-order valence-corrected chi connectivity index (χ1v) is 6.83. The van der Waals surface area contributed by atoms with Crippen molar-refractivity contribution in [1.82, 2.24) is 9.97 Å². The van der Waals surface area contributed by atoms with Gasteiger partial charge in [0.05, 0.1) is 0 Å². The number of halogens is 3. The number of rotatable bonds is 2. The third-order valence-electron chi connectivity index (χ3n) is 2.96. The van der Waals surface area contributed by atoms with Gasteiger partial charge >= 0.3 is 0 Å².